The number of carboxylic acid groups (broad SMARTS) is 1. The zero-order valence-electron chi connectivity index (χ0n) is 14.1. The van der Waals surface area contributed by atoms with E-state index in [1.165, 1.54) is 12.3 Å². The maximum absolute atomic E-state index is 12.6. The number of rotatable bonds is 3. The highest BCUT2D eigenvalue weighted by Gasteiger charge is 2.30. The topological polar surface area (TPSA) is 109 Å². The third-order valence-corrected chi connectivity index (χ3v) is 5.51. The number of carboxylic acids is 1. The van der Waals surface area contributed by atoms with Gasteiger partial charge < -0.3 is 25.4 Å². The van der Waals surface area contributed by atoms with Crippen LogP contribution < -0.4 is 16.1 Å². The van der Waals surface area contributed by atoms with Crippen LogP contribution in [0.4, 0.5) is 5.69 Å². The number of anilines is 1. The largest absolute Gasteiger partial charge is 0.506 e. The molecule has 1 atom stereocenters. The number of halogens is 1. The minimum absolute atomic E-state index is 0.00470. The molecule has 26 heavy (non-hydrogen) atoms. The van der Waals surface area contributed by atoms with Gasteiger partial charge in [0.15, 0.2) is 0 Å². The minimum atomic E-state index is -1.28. The fourth-order valence-electron chi connectivity index (χ4n) is 3.76. The maximum Gasteiger partial charge on any atom is 0.341 e. The molecule has 0 radical (unpaired) electrons. The first-order valence-corrected chi connectivity index (χ1v) is 9.10. The van der Waals surface area contributed by atoms with E-state index >= 15 is 0 Å². The van der Waals surface area contributed by atoms with Gasteiger partial charge in [0.25, 0.3) is 0 Å². The number of piperidine rings is 1. The summed E-state index contributed by atoms with van der Waals surface area (Å²) in [4.78, 5) is 26.0. The highest BCUT2D eigenvalue weighted by Crippen LogP contribution is 2.44. The summed E-state index contributed by atoms with van der Waals surface area (Å²) in [7, 11) is 0. The quantitative estimate of drug-likeness (QED) is 0.757. The molecule has 1 aliphatic carbocycles. The highest BCUT2D eigenvalue weighted by atomic mass is 35.5. The number of aromatic carboxylic acids is 1. The molecule has 0 bridgehead atoms. The molecule has 2 aliphatic rings. The molecule has 1 aromatic carbocycles. The van der Waals surface area contributed by atoms with Gasteiger partial charge in [-0.05, 0) is 31.7 Å². The van der Waals surface area contributed by atoms with Gasteiger partial charge in [0.05, 0.1) is 15.9 Å². The molecule has 8 heteroatoms. The Bertz CT molecular complexity index is 967. The van der Waals surface area contributed by atoms with Crippen LogP contribution in [0.1, 0.15) is 42.1 Å². The Hall–Kier alpha value is -2.25. The van der Waals surface area contributed by atoms with Crippen molar-refractivity contribution in [3.8, 4) is 5.75 Å². The van der Waals surface area contributed by atoms with Crippen molar-refractivity contribution >= 4 is 34.2 Å². The maximum atomic E-state index is 12.6. The molecule has 7 nitrogen and oxygen atoms in total. The first-order valence-electron chi connectivity index (χ1n) is 8.72. The van der Waals surface area contributed by atoms with E-state index in [-0.39, 0.29) is 33.8 Å². The second kappa shape index (κ2) is 6.17. The van der Waals surface area contributed by atoms with Gasteiger partial charge in [-0.2, -0.15) is 0 Å². The first-order chi connectivity index (χ1) is 12.4. The fourth-order valence-corrected chi connectivity index (χ4v) is 4.17. The van der Waals surface area contributed by atoms with Crippen LogP contribution >= 0.6 is 11.6 Å². The standard InChI is InChI=1S/C18H20ClN3O4/c19-14-15-11(6-13(23)16(14)21-5-1-2-9(20)7-21)17(24)12(18(25)26)8-22(15)10-3-4-10/h6,8-10,23H,1-5,7,20H2,(H,25,26)/t9-/m0/s1. The predicted molar refractivity (Wildman–Crippen MR) is 99.5 cm³/mol. The SMILES string of the molecule is N[C@H]1CCCN(c2c(O)cc3c(=O)c(C(=O)O)cn(C4CC4)c3c2Cl)C1. The monoisotopic (exact) mass is 377 g/mol. The molecule has 4 rings (SSSR count). The van der Waals surface area contributed by atoms with Gasteiger partial charge in [-0.25, -0.2) is 4.79 Å². The molecule has 0 amide bonds. The number of carbonyl (C=O) groups is 1. The number of fused-ring (bicyclic) bond motifs is 1. The van der Waals surface area contributed by atoms with Crippen LogP contribution in [-0.2, 0) is 0 Å². The summed E-state index contributed by atoms with van der Waals surface area (Å²) in [5, 5.41) is 20.3. The Morgan fingerprint density at radius 3 is 2.65 bits per heavy atom. The molecule has 2 heterocycles. The number of phenols is 1. The van der Waals surface area contributed by atoms with Crippen LogP contribution in [0.3, 0.4) is 0 Å². The van der Waals surface area contributed by atoms with Crippen LogP contribution in [-0.4, -0.2) is 39.9 Å². The second-order valence-corrected chi connectivity index (χ2v) is 7.50. The number of aromatic hydroxyl groups is 1. The molecule has 1 aromatic heterocycles. The number of hydrogen-bond acceptors (Lipinski definition) is 5. The van der Waals surface area contributed by atoms with Gasteiger partial charge >= 0.3 is 5.97 Å². The third-order valence-electron chi connectivity index (χ3n) is 5.15. The summed E-state index contributed by atoms with van der Waals surface area (Å²) in [6.45, 7) is 1.28. The van der Waals surface area contributed by atoms with E-state index in [4.69, 9.17) is 17.3 Å². The van der Waals surface area contributed by atoms with Gasteiger partial charge in [-0.15, -0.1) is 0 Å². The summed E-state index contributed by atoms with van der Waals surface area (Å²) >= 11 is 6.66. The average Bonchev–Trinajstić information content (AvgIpc) is 3.40. The Balaban J connectivity index is 2.00. The number of aromatic nitrogens is 1. The lowest BCUT2D eigenvalue weighted by Crippen LogP contribution is -2.43. The van der Waals surface area contributed by atoms with E-state index in [2.05, 4.69) is 0 Å². The van der Waals surface area contributed by atoms with Gasteiger partial charge in [-0.3, -0.25) is 4.79 Å². The van der Waals surface area contributed by atoms with E-state index in [1.807, 2.05) is 4.90 Å². The van der Waals surface area contributed by atoms with Gasteiger partial charge in [0.2, 0.25) is 5.43 Å². The normalized spacial score (nSPS) is 20.5. The Kier molecular flexibility index (Phi) is 4.08. The zero-order chi connectivity index (χ0) is 18.6. The van der Waals surface area contributed by atoms with Crippen molar-refractivity contribution in [2.75, 3.05) is 18.0 Å². The Morgan fingerprint density at radius 2 is 2.04 bits per heavy atom. The summed E-state index contributed by atoms with van der Waals surface area (Å²) < 4.78 is 1.77. The number of hydrogen-bond donors (Lipinski definition) is 3. The molecule has 4 N–H and O–H groups in total. The second-order valence-electron chi connectivity index (χ2n) is 7.12. The molecule has 2 fully saturated rings. The number of pyridine rings is 1. The number of benzene rings is 1. The smallest absolute Gasteiger partial charge is 0.341 e. The Morgan fingerprint density at radius 1 is 1.31 bits per heavy atom. The van der Waals surface area contributed by atoms with Gasteiger partial charge in [-0.1, -0.05) is 11.6 Å². The number of nitrogens with two attached hydrogens (primary N) is 1. The summed E-state index contributed by atoms with van der Waals surface area (Å²) in [6, 6.07) is 1.45. The Labute approximate surface area is 154 Å². The molecule has 138 valence electrons. The van der Waals surface area contributed by atoms with E-state index in [0.29, 0.717) is 24.3 Å². The van der Waals surface area contributed by atoms with Crippen molar-refractivity contribution in [1.82, 2.24) is 4.57 Å². The first kappa shape index (κ1) is 17.2. The third kappa shape index (κ3) is 2.71. The molecule has 0 unspecified atom stereocenters. The summed E-state index contributed by atoms with van der Waals surface area (Å²) in [5.41, 5.74) is 6.05. The fraction of sp³-hybridized carbons (Fsp3) is 0.444. The van der Waals surface area contributed by atoms with Crippen molar-refractivity contribution in [1.29, 1.82) is 0 Å². The van der Waals surface area contributed by atoms with Crippen LogP contribution in [0.2, 0.25) is 5.02 Å². The number of phenolic OH excluding ortho intramolecular Hbond substituents is 1. The molecule has 2 aromatic rings. The van der Waals surface area contributed by atoms with Crippen molar-refractivity contribution < 1.29 is 15.0 Å². The minimum Gasteiger partial charge on any atom is -0.506 e. The molecular weight excluding hydrogens is 358 g/mol. The lowest BCUT2D eigenvalue weighted by atomic mass is 10.0. The van der Waals surface area contributed by atoms with E-state index in [0.717, 1.165) is 25.7 Å². The summed E-state index contributed by atoms with van der Waals surface area (Å²) in [5.74, 6) is -1.41. The molecule has 1 saturated heterocycles. The van der Waals surface area contributed by atoms with E-state index in [9.17, 15) is 19.8 Å². The zero-order valence-corrected chi connectivity index (χ0v) is 14.9. The van der Waals surface area contributed by atoms with Crippen LogP contribution in [0.5, 0.6) is 5.75 Å². The van der Waals surface area contributed by atoms with E-state index in [1.54, 1.807) is 4.57 Å². The van der Waals surface area contributed by atoms with Crippen molar-refractivity contribution in [3.05, 3.63) is 33.1 Å². The van der Waals surface area contributed by atoms with Crippen LogP contribution in [0.15, 0.2) is 17.1 Å². The van der Waals surface area contributed by atoms with Gasteiger partial charge in [0, 0.05) is 31.4 Å². The molecule has 1 aliphatic heterocycles. The highest BCUT2D eigenvalue weighted by molar-refractivity contribution is 6.38. The van der Waals surface area contributed by atoms with Crippen LogP contribution in [0.25, 0.3) is 10.9 Å². The van der Waals surface area contributed by atoms with Crippen molar-refractivity contribution in [2.45, 2.75) is 37.8 Å². The molecule has 0 spiro atoms. The lowest BCUT2D eigenvalue weighted by molar-refractivity contribution is 0.0695. The number of nitrogens with zero attached hydrogens (tertiary/aromatic N) is 2. The van der Waals surface area contributed by atoms with E-state index < -0.39 is 11.4 Å². The molecule has 1 saturated carbocycles. The predicted octanol–water partition coefficient (Wildman–Crippen LogP) is 2.32. The van der Waals surface area contributed by atoms with Crippen LogP contribution in [0, 0.1) is 0 Å². The summed E-state index contributed by atoms with van der Waals surface area (Å²) in [6.07, 6.45) is 4.98. The van der Waals surface area contributed by atoms with Crippen molar-refractivity contribution in [2.24, 2.45) is 5.73 Å². The molecular formula is C18H20ClN3O4. The van der Waals surface area contributed by atoms with Crippen molar-refractivity contribution in [3.63, 3.8) is 0 Å². The van der Waals surface area contributed by atoms with Gasteiger partial charge in [0.1, 0.15) is 17.0 Å². The lowest BCUT2D eigenvalue weighted by Gasteiger charge is -2.34. The average molecular weight is 378 g/mol.